The Kier molecular flexibility index (Phi) is 4.75. The standard InChI is InChI=1S/C14H20N2O3S/c1-8-7-20-13(15-8)9(2)16-12(17)10-5-3-4-6-11(10)14(18)19/h7,9-11H,3-6H2,1-2H3,(H,16,17)(H,18,19). The van der Waals surface area contributed by atoms with E-state index in [0.29, 0.717) is 12.8 Å². The average Bonchev–Trinajstić information content (AvgIpc) is 2.85. The summed E-state index contributed by atoms with van der Waals surface area (Å²) in [5.74, 6) is -1.97. The van der Waals surface area contributed by atoms with Gasteiger partial charge in [-0.3, -0.25) is 9.59 Å². The normalized spacial score (nSPS) is 24.1. The predicted octanol–water partition coefficient (Wildman–Crippen LogP) is 2.52. The van der Waals surface area contributed by atoms with Crippen LogP contribution in [0.4, 0.5) is 0 Å². The Hall–Kier alpha value is -1.43. The first-order valence-electron chi connectivity index (χ1n) is 6.94. The molecule has 1 saturated carbocycles. The molecule has 1 amide bonds. The van der Waals surface area contributed by atoms with Crippen molar-refractivity contribution < 1.29 is 14.7 Å². The van der Waals surface area contributed by atoms with E-state index in [2.05, 4.69) is 10.3 Å². The number of amides is 1. The molecule has 0 bridgehead atoms. The number of nitrogens with zero attached hydrogens (tertiary/aromatic N) is 1. The summed E-state index contributed by atoms with van der Waals surface area (Å²) in [7, 11) is 0. The zero-order valence-electron chi connectivity index (χ0n) is 11.8. The zero-order valence-corrected chi connectivity index (χ0v) is 12.6. The fourth-order valence-electron chi connectivity index (χ4n) is 2.69. The quantitative estimate of drug-likeness (QED) is 0.894. The Labute approximate surface area is 122 Å². The van der Waals surface area contributed by atoms with E-state index in [4.69, 9.17) is 0 Å². The van der Waals surface area contributed by atoms with Crippen LogP contribution in [0.2, 0.25) is 0 Å². The fraction of sp³-hybridized carbons (Fsp3) is 0.643. The van der Waals surface area contributed by atoms with E-state index in [-0.39, 0.29) is 11.9 Å². The number of aliphatic carboxylic acids is 1. The lowest BCUT2D eigenvalue weighted by Crippen LogP contribution is -2.40. The molecule has 2 rings (SSSR count). The predicted molar refractivity (Wildman–Crippen MR) is 76.5 cm³/mol. The largest absolute Gasteiger partial charge is 0.481 e. The lowest BCUT2D eigenvalue weighted by Gasteiger charge is -2.28. The van der Waals surface area contributed by atoms with Gasteiger partial charge in [0.05, 0.1) is 17.9 Å². The molecule has 0 saturated heterocycles. The van der Waals surface area contributed by atoms with Crippen LogP contribution in [0.5, 0.6) is 0 Å². The molecule has 5 nitrogen and oxygen atoms in total. The van der Waals surface area contributed by atoms with Gasteiger partial charge in [0.2, 0.25) is 5.91 Å². The van der Waals surface area contributed by atoms with Crippen LogP contribution in [0.3, 0.4) is 0 Å². The van der Waals surface area contributed by atoms with Crippen molar-refractivity contribution in [2.24, 2.45) is 11.8 Å². The van der Waals surface area contributed by atoms with Crippen LogP contribution >= 0.6 is 11.3 Å². The SMILES string of the molecule is Cc1csc(C(C)NC(=O)C2CCCCC2C(=O)O)n1. The molecule has 1 heterocycles. The molecular weight excluding hydrogens is 276 g/mol. The summed E-state index contributed by atoms with van der Waals surface area (Å²) in [5, 5.41) is 14.9. The van der Waals surface area contributed by atoms with Gasteiger partial charge in [-0.15, -0.1) is 11.3 Å². The van der Waals surface area contributed by atoms with Crippen molar-refractivity contribution in [3.63, 3.8) is 0 Å². The highest BCUT2D eigenvalue weighted by Gasteiger charge is 2.36. The first-order chi connectivity index (χ1) is 9.49. The molecule has 0 aromatic carbocycles. The first-order valence-corrected chi connectivity index (χ1v) is 7.82. The smallest absolute Gasteiger partial charge is 0.307 e. The van der Waals surface area contributed by atoms with Crippen molar-refractivity contribution in [2.45, 2.75) is 45.6 Å². The topological polar surface area (TPSA) is 79.3 Å². The molecule has 0 aliphatic heterocycles. The van der Waals surface area contributed by atoms with E-state index in [1.54, 1.807) is 0 Å². The fourth-order valence-corrected chi connectivity index (χ4v) is 3.50. The number of hydrogen-bond donors (Lipinski definition) is 2. The monoisotopic (exact) mass is 296 g/mol. The highest BCUT2D eigenvalue weighted by atomic mass is 32.1. The molecule has 110 valence electrons. The molecular formula is C14H20N2O3S. The Bertz CT molecular complexity index is 500. The second-order valence-electron chi connectivity index (χ2n) is 5.39. The molecule has 6 heteroatoms. The van der Waals surface area contributed by atoms with E-state index in [0.717, 1.165) is 23.5 Å². The van der Waals surface area contributed by atoms with Crippen LogP contribution in [-0.4, -0.2) is 22.0 Å². The van der Waals surface area contributed by atoms with Crippen molar-refractivity contribution >= 4 is 23.2 Å². The van der Waals surface area contributed by atoms with Gasteiger partial charge in [-0.2, -0.15) is 0 Å². The van der Waals surface area contributed by atoms with Crippen LogP contribution in [0.25, 0.3) is 0 Å². The molecule has 1 aromatic rings. The number of aromatic nitrogens is 1. The minimum absolute atomic E-state index is 0.155. The Morgan fingerprint density at radius 1 is 1.40 bits per heavy atom. The molecule has 3 atom stereocenters. The van der Waals surface area contributed by atoms with E-state index < -0.39 is 17.8 Å². The van der Waals surface area contributed by atoms with Gasteiger partial charge in [0.15, 0.2) is 0 Å². The third kappa shape index (κ3) is 3.36. The van der Waals surface area contributed by atoms with Gasteiger partial charge >= 0.3 is 5.97 Å². The molecule has 20 heavy (non-hydrogen) atoms. The zero-order chi connectivity index (χ0) is 14.7. The van der Waals surface area contributed by atoms with Crippen molar-refractivity contribution in [3.8, 4) is 0 Å². The molecule has 2 N–H and O–H groups in total. The van der Waals surface area contributed by atoms with E-state index in [1.807, 2.05) is 19.2 Å². The molecule has 1 fully saturated rings. The van der Waals surface area contributed by atoms with E-state index in [1.165, 1.54) is 11.3 Å². The van der Waals surface area contributed by atoms with Gasteiger partial charge in [-0.25, -0.2) is 4.98 Å². The first kappa shape index (κ1) is 15.0. The summed E-state index contributed by atoms with van der Waals surface area (Å²) in [5.41, 5.74) is 0.937. The molecule has 0 radical (unpaired) electrons. The molecule has 1 aromatic heterocycles. The Morgan fingerprint density at radius 2 is 2.05 bits per heavy atom. The number of carboxylic acid groups (broad SMARTS) is 1. The number of aryl methyl sites for hydroxylation is 1. The highest BCUT2D eigenvalue weighted by molar-refractivity contribution is 7.09. The van der Waals surface area contributed by atoms with Crippen molar-refractivity contribution in [3.05, 3.63) is 16.1 Å². The van der Waals surface area contributed by atoms with Gasteiger partial charge < -0.3 is 10.4 Å². The summed E-state index contributed by atoms with van der Waals surface area (Å²) in [6, 6.07) is -0.169. The number of rotatable bonds is 4. The minimum atomic E-state index is -0.859. The number of thiazole rings is 1. The van der Waals surface area contributed by atoms with Crippen LogP contribution in [0.15, 0.2) is 5.38 Å². The number of carbonyl (C=O) groups is 2. The maximum absolute atomic E-state index is 12.3. The average molecular weight is 296 g/mol. The minimum Gasteiger partial charge on any atom is -0.481 e. The van der Waals surface area contributed by atoms with Crippen molar-refractivity contribution in [1.82, 2.24) is 10.3 Å². The summed E-state index contributed by atoms with van der Waals surface area (Å²) >= 11 is 1.51. The van der Waals surface area contributed by atoms with Gasteiger partial charge in [-0.05, 0) is 26.7 Å². The Balaban J connectivity index is 2.01. The third-order valence-corrected chi connectivity index (χ3v) is 4.93. The van der Waals surface area contributed by atoms with Gasteiger partial charge in [0, 0.05) is 11.1 Å². The highest BCUT2D eigenvalue weighted by Crippen LogP contribution is 2.31. The second kappa shape index (κ2) is 6.35. The van der Waals surface area contributed by atoms with Crippen LogP contribution < -0.4 is 5.32 Å². The number of carboxylic acids is 1. The maximum Gasteiger partial charge on any atom is 0.307 e. The Morgan fingerprint density at radius 3 is 2.60 bits per heavy atom. The lowest BCUT2D eigenvalue weighted by atomic mass is 9.78. The van der Waals surface area contributed by atoms with E-state index >= 15 is 0 Å². The summed E-state index contributed by atoms with van der Waals surface area (Å²) in [6.07, 6.45) is 3.07. The van der Waals surface area contributed by atoms with Gasteiger partial charge in [0.1, 0.15) is 5.01 Å². The molecule has 3 unspecified atom stereocenters. The van der Waals surface area contributed by atoms with Crippen LogP contribution in [0.1, 0.15) is 49.4 Å². The molecule has 1 aliphatic carbocycles. The summed E-state index contributed by atoms with van der Waals surface area (Å²) in [4.78, 5) is 27.9. The third-order valence-electron chi connectivity index (χ3n) is 3.79. The van der Waals surface area contributed by atoms with E-state index in [9.17, 15) is 14.7 Å². The van der Waals surface area contributed by atoms with Crippen LogP contribution in [0, 0.1) is 18.8 Å². The maximum atomic E-state index is 12.3. The van der Waals surface area contributed by atoms with Gasteiger partial charge in [-0.1, -0.05) is 12.8 Å². The van der Waals surface area contributed by atoms with Crippen LogP contribution in [-0.2, 0) is 9.59 Å². The van der Waals surface area contributed by atoms with Gasteiger partial charge in [0.25, 0.3) is 0 Å². The molecule has 1 aliphatic rings. The number of nitrogens with one attached hydrogen (secondary N) is 1. The van der Waals surface area contributed by atoms with Crippen molar-refractivity contribution in [2.75, 3.05) is 0 Å². The number of hydrogen-bond acceptors (Lipinski definition) is 4. The lowest BCUT2D eigenvalue weighted by molar-refractivity contribution is -0.149. The summed E-state index contributed by atoms with van der Waals surface area (Å²) < 4.78 is 0. The second-order valence-corrected chi connectivity index (χ2v) is 6.28. The summed E-state index contributed by atoms with van der Waals surface area (Å²) in [6.45, 7) is 3.80. The molecule has 0 spiro atoms. The number of carbonyl (C=O) groups excluding carboxylic acids is 1. The van der Waals surface area contributed by atoms with Crippen molar-refractivity contribution in [1.29, 1.82) is 0 Å².